The third-order valence-electron chi connectivity index (χ3n) is 3.47. The number of rotatable bonds is 1. The van der Waals surface area contributed by atoms with Crippen molar-refractivity contribution >= 4 is 42.8 Å². The first-order valence-electron chi connectivity index (χ1n) is 5.46. The molecule has 0 atom stereocenters. The van der Waals surface area contributed by atoms with E-state index in [1.807, 2.05) is 0 Å². The molecular weight excluding hydrogens is 334 g/mol. The number of aryl methyl sites for hydroxylation is 1. The van der Waals surface area contributed by atoms with Crippen molar-refractivity contribution in [1.82, 2.24) is 0 Å². The molecule has 1 aliphatic rings. The van der Waals surface area contributed by atoms with Crippen molar-refractivity contribution in [2.75, 3.05) is 0 Å². The van der Waals surface area contributed by atoms with Crippen molar-refractivity contribution in [3.8, 4) is 0 Å². The van der Waals surface area contributed by atoms with Gasteiger partial charge in [0.05, 0.1) is 0 Å². The molecule has 0 amide bonds. The summed E-state index contributed by atoms with van der Waals surface area (Å²) in [5.41, 5.74) is 8.22. The smallest absolute Gasteiger partial charge is 0 e. The molecule has 0 fully saturated rings. The molecule has 106 valence electrons. The van der Waals surface area contributed by atoms with E-state index < -0.39 is 0 Å². The van der Waals surface area contributed by atoms with E-state index in [0.717, 1.165) is 6.42 Å². The van der Waals surface area contributed by atoms with Crippen molar-refractivity contribution in [2.45, 2.75) is 34.1 Å². The molecule has 0 N–H and O–H groups in total. The zero-order chi connectivity index (χ0) is 11.0. The van der Waals surface area contributed by atoms with Crippen LogP contribution in [-0.2, 0) is 21.7 Å². The van der Waals surface area contributed by atoms with Gasteiger partial charge in [0.25, 0.3) is 0 Å². The third-order valence-corrected chi connectivity index (χ3v) is 3.47. The van der Waals surface area contributed by atoms with Gasteiger partial charge in [-0.2, -0.15) is 17.7 Å². The molecule has 0 heterocycles. The van der Waals surface area contributed by atoms with E-state index in [4.69, 9.17) is 0 Å². The van der Waals surface area contributed by atoms with E-state index in [0.29, 0.717) is 0 Å². The Bertz CT molecular complexity index is 477. The van der Waals surface area contributed by atoms with Crippen molar-refractivity contribution in [1.29, 1.82) is 0 Å². The average Bonchev–Trinajstić information content (AvgIpc) is 2.73. The summed E-state index contributed by atoms with van der Waals surface area (Å²) in [5, 5.41) is 0. The van der Waals surface area contributed by atoms with Crippen LogP contribution in [0.2, 0.25) is 0 Å². The number of allylic oxidation sites excluding steroid dienone is 4. The second-order valence-corrected chi connectivity index (χ2v) is 4.31. The Hall–Kier alpha value is 0.284. The first-order valence-corrected chi connectivity index (χ1v) is 5.46. The van der Waals surface area contributed by atoms with E-state index in [-0.39, 0.29) is 58.9 Å². The topological polar surface area (TPSA) is 0 Å². The van der Waals surface area contributed by atoms with Gasteiger partial charge >= 0.3 is 0 Å². The van der Waals surface area contributed by atoms with Crippen molar-refractivity contribution in [3.63, 3.8) is 0 Å². The molecule has 0 aliphatic heterocycles. The Morgan fingerprint density at radius 2 is 1.47 bits per heavy atom. The normalized spacial score (nSPS) is 11.5. The molecule has 2 rings (SSSR count). The second-order valence-electron chi connectivity index (χ2n) is 4.31. The van der Waals surface area contributed by atoms with Crippen LogP contribution in [0, 0.1) is 33.8 Å². The van der Waals surface area contributed by atoms with Gasteiger partial charge in [0, 0.05) is 21.7 Å². The Balaban J connectivity index is -0.000000640. The van der Waals surface area contributed by atoms with E-state index in [1.54, 1.807) is 0 Å². The van der Waals surface area contributed by atoms with Crippen LogP contribution in [0.3, 0.4) is 0 Å². The Kier molecular flexibility index (Phi) is 12.9. The Labute approximate surface area is 150 Å². The molecule has 0 bridgehead atoms. The summed E-state index contributed by atoms with van der Waals surface area (Å²) in [6, 6.07) is 2.29. The maximum Gasteiger partial charge on any atom is 0 e. The molecule has 0 saturated heterocycles. The zero-order valence-electron chi connectivity index (χ0n) is 11.7. The van der Waals surface area contributed by atoms with Crippen LogP contribution in [0.5, 0.6) is 0 Å². The first-order chi connectivity index (χ1) is 7.11. The SMILES string of the molecule is Cc1cc(C2=[C-]CC=C2)c(C)c(C)c1C.Cl.Cl.Cl.[Ti]. The van der Waals surface area contributed by atoms with E-state index in [2.05, 4.69) is 52.0 Å². The number of hydrogen-bond acceptors (Lipinski definition) is 0. The molecule has 0 radical (unpaired) electrons. The van der Waals surface area contributed by atoms with Crippen molar-refractivity contribution in [2.24, 2.45) is 0 Å². The summed E-state index contributed by atoms with van der Waals surface area (Å²) < 4.78 is 0. The van der Waals surface area contributed by atoms with Gasteiger partial charge in [-0.25, -0.2) is 0 Å². The Morgan fingerprint density at radius 1 is 0.895 bits per heavy atom. The quantitative estimate of drug-likeness (QED) is 0.472. The van der Waals surface area contributed by atoms with Gasteiger partial charge in [-0.05, 0) is 26.3 Å². The van der Waals surface area contributed by atoms with Gasteiger partial charge in [-0.15, -0.1) is 54.9 Å². The van der Waals surface area contributed by atoms with Crippen LogP contribution in [0.25, 0.3) is 5.57 Å². The minimum Gasteiger partial charge on any atom is -0.197 e. The first kappa shape index (κ1) is 24.3. The summed E-state index contributed by atoms with van der Waals surface area (Å²) in [6.45, 7) is 8.80. The predicted octanol–water partition coefficient (Wildman–Crippen LogP) is 5.33. The molecule has 0 aromatic heterocycles. The largest absolute Gasteiger partial charge is 0.197 e. The summed E-state index contributed by atoms with van der Waals surface area (Å²) in [5.74, 6) is 0. The van der Waals surface area contributed by atoms with Gasteiger partial charge in [-0.3, -0.25) is 0 Å². The molecule has 19 heavy (non-hydrogen) atoms. The number of hydrogen-bond donors (Lipinski definition) is 0. The number of halogens is 3. The maximum atomic E-state index is 3.39. The van der Waals surface area contributed by atoms with Crippen molar-refractivity contribution in [3.05, 3.63) is 52.1 Å². The van der Waals surface area contributed by atoms with E-state index in [9.17, 15) is 0 Å². The molecule has 1 aromatic carbocycles. The zero-order valence-corrected chi connectivity index (χ0v) is 15.7. The van der Waals surface area contributed by atoms with Gasteiger partial charge in [-0.1, -0.05) is 30.0 Å². The van der Waals surface area contributed by atoms with Gasteiger partial charge < -0.3 is 0 Å². The molecular formula is C15H20Cl3Ti-. The molecule has 0 unspecified atom stereocenters. The van der Waals surface area contributed by atoms with Gasteiger partial charge in [0.2, 0.25) is 0 Å². The standard InChI is InChI=1S/C15H17.3ClH.Ti/c1-10-9-15(14-7-5-6-8-14)13(4)12(3)11(10)2;;;;/h5,7,9H,6H2,1-4H3;3*1H;/q-1;;;;. The summed E-state index contributed by atoms with van der Waals surface area (Å²) in [4.78, 5) is 0. The summed E-state index contributed by atoms with van der Waals surface area (Å²) >= 11 is 0. The van der Waals surface area contributed by atoms with Crippen LogP contribution >= 0.6 is 37.2 Å². The van der Waals surface area contributed by atoms with Crippen molar-refractivity contribution < 1.29 is 21.7 Å². The summed E-state index contributed by atoms with van der Waals surface area (Å²) in [7, 11) is 0. The van der Waals surface area contributed by atoms with E-state index in [1.165, 1.54) is 33.4 Å². The van der Waals surface area contributed by atoms with Crippen LogP contribution in [0.15, 0.2) is 18.2 Å². The second kappa shape index (κ2) is 10.1. The summed E-state index contributed by atoms with van der Waals surface area (Å²) in [6.07, 6.45) is 8.70. The fraction of sp³-hybridized carbons (Fsp3) is 0.333. The molecule has 0 spiro atoms. The monoisotopic (exact) mass is 353 g/mol. The van der Waals surface area contributed by atoms with Crippen LogP contribution < -0.4 is 0 Å². The fourth-order valence-corrected chi connectivity index (χ4v) is 2.08. The van der Waals surface area contributed by atoms with Gasteiger partial charge in [0.15, 0.2) is 0 Å². The minimum absolute atomic E-state index is 0. The van der Waals surface area contributed by atoms with E-state index >= 15 is 0 Å². The molecule has 1 aromatic rings. The Morgan fingerprint density at radius 3 is 1.95 bits per heavy atom. The average molecular weight is 355 g/mol. The molecule has 0 saturated carbocycles. The number of benzene rings is 1. The molecule has 0 nitrogen and oxygen atoms in total. The van der Waals surface area contributed by atoms with Crippen LogP contribution in [0.4, 0.5) is 0 Å². The minimum atomic E-state index is 0. The third kappa shape index (κ3) is 4.95. The van der Waals surface area contributed by atoms with Crippen LogP contribution in [0.1, 0.15) is 34.2 Å². The van der Waals surface area contributed by atoms with Gasteiger partial charge in [0.1, 0.15) is 0 Å². The maximum absolute atomic E-state index is 3.39. The van der Waals surface area contributed by atoms with Crippen LogP contribution in [-0.4, -0.2) is 0 Å². The fourth-order valence-electron chi connectivity index (χ4n) is 2.08. The molecule has 4 heteroatoms. The molecule has 1 aliphatic carbocycles. The predicted molar refractivity (Wildman–Crippen MR) is 87.5 cm³/mol.